The number of nitrogens with one attached hydrogen (secondary N) is 1. The second-order valence-corrected chi connectivity index (χ2v) is 7.37. The smallest absolute Gasteiger partial charge is 0.220 e. The molecule has 5 heteroatoms. The van der Waals surface area contributed by atoms with E-state index in [0.29, 0.717) is 26.1 Å². The Bertz CT molecular complexity index is 751. The summed E-state index contributed by atoms with van der Waals surface area (Å²) in [5.74, 6) is 0.0413. The van der Waals surface area contributed by atoms with Crippen LogP contribution < -0.4 is 5.32 Å². The molecule has 4 rings (SSSR count). The Morgan fingerprint density at radius 1 is 0.889 bits per heavy atom. The number of fused-ring (bicyclic) bond motifs is 1. The Morgan fingerprint density at radius 2 is 1.44 bits per heavy atom. The van der Waals surface area contributed by atoms with E-state index in [-0.39, 0.29) is 24.0 Å². The Morgan fingerprint density at radius 3 is 2.04 bits per heavy atom. The van der Waals surface area contributed by atoms with Crippen molar-refractivity contribution in [3.8, 4) is 0 Å². The molecule has 0 aromatic heterocycles. The third-order valence-corrected chi connectivity index (χ3v) is 5.48. The van der Waals surface area contributed by atoms with E-state index in [1.165, 1.54) is 0 Å². The normalized spacial score (nSPS) is 30.0. The molecular formula is C22H25NO4. The van der Waals surface area contributed by atoms with Gasteiger partial charge in [0.15, 0.2) is 0 Å². The van der Waals surface area contributed by atoms with Gasteiger partial charge in [0.2, 0.25) is 5.91 Å². The molecule has 0 unspecified atom stereocenters. The molecule has 2 aromatic rings. The first-order valence-electron chi connectivity index (χ1n) is 9.49. The van der Waals surface area contributed by atoms with Gasteiger partial charge in [-0.05, 0) is 17.5 Å². The van der Waals surface area contributed by atoms with Crippen LogP contribution in [0.3, 0.4) is 0 Å². The lowest BCUT2D eigenvalue weighted by Crippen LogP contribution is -2.55. The molecule has 0 bridgehead atoms. The van der Waals surface area contributed by atoms with Gasteiger partial charge >= 0.3 is 0 Å². The molecule has 1 saturated heterocycles. The van der Waals surface area contributed by atoms with Crippen molar-refractivity contribution in [1.29, 1.82) is 0 Å². The predicted octanol–water partition coefficient (Wildman–Crippen LogP) is 2.43. The highest BCUT2D eigenvalue weighted by molar-refractivity contribution is 5.79. The first-order valence-corrected chi connectivity index (χ1v) is 9.49. The molecule has 1 amide bonds. The summed E-state index contributed by atoms with van der Waals surface area (Å²) in [5, 5.41) is 13.7. The number of carbonyl (C=O) groups is 1. The summed E-state index contributed by atoms with van der Waals surface area (Å²) in [7, 11) is 0. The summed E-state index contributed by atoms with van der Waals surface area (Å²) in [6, 6.07) is 19.8. The monoisotopic (exact) mass is 367 g/mol. The molecule has 2 aliphatic rings. The number of hydrogen-bond donors (Lipinski definition) is 2. The fourth-order valence-electron chi connectivity index (χ4n) is 4.12. The summed E-state index contributed by atoms with van der Waals surface area (Å²) in [4.78, 5) is 11.9. The van der Waals surface area contributed by atoms with Crippen LogP contribution in [-0.2, 0) is 27.5 Å². The largest absolute Gasteiger partial charge is 0.390 e. The van der Waals surface area contributed by atoms with Gasteiger partial charge in [-0.2, -0.15) is 0 Å². The lowest BCUT2D eigenvalue weighted by atomic mass is 9.79. The summed E-state index contributed by atoms with van der Waals surface area (Å²) in [6.07, 6.45) is -0.540. The van der Waals surface area contributed by atoms with Gasteiger partial charge in [-0.25, -0.2) is 0 Å². The van der Waals surface area contributed by atoms with Gasteiger partial charge in [0.1, 0.15) is 6.10 Å². The molecule has 2 aromatic carbocycles. The van der Waals surface area contributed by atoms with Crippen molar-refractivity contribution >= 4 is 5.91 Å². The van der Waals surface area contributed by atoms with Crippen molar-refractivity contribution in [2.75, 3.05) is 0 Å². The zero-order valence-electron chi connectivity index (χ0n) is 15.2. The average Bonchev–Trinajstić information content (AvgIpc) is 3.06. The fourth-order valence-corrected chi connectivity index (χ4v) is 4.12. The van der Waals surface area contributed by atoms with Crippen molar-refractivity contribution in [2.45, 2.75) is 50.4 Å². The van der Waals surface area contributed by atoms with Gasteiger partial charge in [-0.1, -0.05) is 60.7 Å². The molecule has 2 fully saturated rings. The van der Waals surface area contributed by atoms with Crippen LogP contribution in [0.4, 0.5) is 0 Å². The third-order valence-electron chi connectivity index (χ3n) is 5.48. The number of hydrogen-bond acceptors (Lipinski definition) is 4. The SMILES string of the molecule is O=C1C[C@H]2[C@H](OCc3ccccc3)[C@H](OCc3ccccc3)[C@H](O)C[C@@H]2N1. The lowest BCUT2D eigenvalue weighted by molar-refractivity contribution is -0.173. The number of carbonyl (C=O) groups excluding carboxylic acids is 1. The lowest BCUT2D eigenvalue weighted by Gasteiger charge is -2.41. The average molecular weight is 367 g/mol. The quantitative estimate of drug-likeness (QED) is 0.823. The Hall–Kier alpha value is -2.21. The van der Waals surface area contributed by atoms with E-state index in [1.54, 1.807) is 0 Å². The van der Waals surface area contributed by atoms with Crippen LogP contribution in [-0.4, -0.2) is 35.4 Å². The first kappa shape index (κ1) is 18.2. The minimum Gasteiger partial charge on any atom is -0.390 e. The van der Waals surface area contributed by atoms with Crippen LogP contribution in [0.25, 0.3) is 0 Å². The van der Waals surface area contributed by atoms with Crippen molar-refractivity contribution in [3.05, 3.63) is 71.8 Å². The fraction of sp³-hybridized carbons (Fsp3) is 0.409. The van der Waals surface area contributed by atoms with Crippen molar-refractivity contribution in [2.24, 2.45) is 5.92 Å². The third kappa shape index (κ3) is 4.21. The van der Waals surface area contributed by atoms with Crippen molar-refractivity contribution < 1.29 is 19.4 Å². The van der Waals surface area contributed by atoms with E-state index in [4.69, 9.17) is 9.47 Å². The number of rotatable bonds is 6. The number of aliphatic hydroxyl groups is 1. The topological polar surface area (TPSA) is 67.8 Å². The van der Waals surface area contributed by atoms with Crippen molar-refractivity contribution in [3.63, 3.8) is 0 Å². The van der Waals surface area contributed by atoms with Gasteiger partial charge in [0, 0.05) is 18.4 Å². The van der Waals surface area contributed by atoms with Gasteiger partial charge < -0.3 is 19.9 Å². The number of ether oxygens (including phenoxy) is 2. The number of benzene rings is 2. The van der Waals surface area contributed by atoms with Gasteiger partial charge in [-0.3, -0.25) is 4.79 Å². The predicted molar refractivity (Wildman–Crippen MR) is 101 cm³/mol. The van der Waals surface area contributed by atoms with Crippen LogP contribution in [0, 0.1) is 5.92 Å². The standard InChI is InChI=1S/C22H25NO4/c24-19-12-18-17(11-20(25)23-18)21(26-13-15-7-3-1-4-8-15)22(19)27-14-16-9-5-2-6-10-16/h1-10,17-19,21-22,24H,11-14H2,(H,23,25)/t17-,18+,19-,21+,22-/m1/s1. The maximum atomic E-state index is 11.9. The maximum Gasteiger partial charge on any atom is 0.220 e. The minimum atomic E-state index is -0.672. The molecule has 1 aliphatic carbocycles. The minimum absolute atomic E-state index is 0.0189. The molecule has 5 nitrogen and oxygen atoms in total. The molecule has 1 aliphatic heterocycles. The summed E-state index contributed by atoms with van der Waals surface area (Å²) < 4.78 is 12.3. The number of amides is 1. The van der Waals surface area contributed by atoms with Crippen LogP contribution in [0.2, 0.25) is 0 Å². The van der Waals surface area contributed by atoms with Crippen LogP contribution in [0.15, 0.2) is 60.7 Å². The van der Waals surface area contributed by atoms with Gasteiger partial charge in [-0.15, -0.1) is 0 Å². The van der Waals surface area contributed by atoms with E-state index >= 15 is 0 Å². The first-order chi connectivity index (χ1) is 13.2. The Kier molecular flexibility index (Phi) is 5.53. The Labute approximate surface area is 159 Å². The molecular weight excluding hydrogens is 342 g/mol. The molecule has 2 N–H and O–H groups in total. The number of aliphatic hydroxyl groups excluding tert-OH is 1. The van der Waals surface area contributed by atoms with Gasteiger partial charge in [0.05, 0.1) is 25.4 Å². The molecule has 0 spiro atoms. The molecule has 142 valence electrons. The molecule has 1 heterocycles. The highest BCUT2D eigenvalue weighted by Gasteiger charge is 2.49. The van der Waals surface area contributed by atoms with E-state index < -0.39 is 12.2 Å². The molecule has 0 radical (unpaired) electrons. The highest BCUT2D eigenvalue weighted by Crippen LogP contribution is 2.36. The Balaban J connectivity index is 1.49. The van der Waals surface area contributed by atoms with E-state index in [9.17, 15) is 9.90 Å². The van der Waals surface area contributed by atoms with Crippen LogP contribution in [0.1, 0.15) is 24.0 Å². The second kappa shape index (κ2) is 8.21. The van der Waals surface area contributed by atoms with Gasteiger partial charge in [0.25, 0.3) is 0 Å². The van der Waals surface area contributed by atoms with E-state index in [2.05, 4.69) is 5.32 Å². The second-order valence-electron chi connectivity index (χ2n) is 7.37. The molecule has 5 atom stereocenters. The van der Waals surface area contributed by atoms with E-state index in [1.807, 2.05) is 60.7 Å². The molecule has 27 heavy (non-hydrogen) atoms. The maximum absolute atomic E-state index is 11.9. The zero-order valence-corrected chi connectivity index (χ0v) is 15.2. The van der Waals surface area contributed by atoms with E-state index in [0.717, 1.165) is 11.1 Å². The summed E-state index contributed by atoms with van der Waals surface area (Å²) in [6.45, 7) is 0.841. The van der Waals surface area contributed by atoms with Crippen LogP contribution in [0.5, 0.6) is 0 Å². The summed E-state index contributed by atoms with van der Waals surface area (Å²) >= 11 is 0. The van der Waals surface area contributed by atoms with Crippen molar-refractivity contribution in [1.82, 2.24) is 5.32 Å². The zero-order chi connectivity index (χ0) is 18.6. The highest BCUT2D eigenvalue weighted by atomic mass is 16.5. The molecule has 1 saturated carbocycles. The van der Waals surface area contributed by atoms with Crippen LogP contribution >= 0.6 is 0 Å². The summed E-state index contributed by atoms with van der Waals surface area (Å²) in [5.41, 5.74) is 2.11.